The molecule has 0 spiro atoms. The van der Waals surface area contributed by atoms with Crippen molar-refractivity contribution in [3.8, 4) is 0 Å². The summed E-state index contributed by atoms with van der Waals surface area (Å²) in [5.41, 5.74) is 0. The van der Waals surface area contributed by atoms with Crippen LogP contribution in [0.1, 0.15) is 38.5 Å². The predicted octanol–water partition coefficient (Wildman–Crippen LogP) is 1.40. The van der Waals surface area contributed by atoms with Gasteiger partial charge in [0.1, 0.15) is 0 Å². The highest BCUT2D eigenvalue weighted by atomic mass is 16.5. The van der Waals surface area contributed by atoms with Crippen LogP contribution in [-0.2, 0) is 4.74 Å². The second kappa shape index (κ2) is 5.28. The fourth-order valence-electron chi connectivity index (χ4n) is 2.70. The summed E-state index contributed by atoms with van der Waals surface area (Å²) in [4.78, 5) is 2.49. The zero-order valence-electron chi connectivity index (χ0n) is 9.69. The van der Waals surface area contributed by atoms with E-state index < -0.39 is 0 Å². The van der Waals surface area contributed by atoms with E-state index in [-0.39, 0.29) is 6.10 Å². The molecule has 0 aromatic rings. The molecule has 2 fully saturated rings. The average Bonchev–Trinajstić information content (AvgIpc) is 3.05. The predicted molar refractivity (Wildman–Crippen MR) is 59.9 cm³/mol. The summed E-state index contributed by atoms with van der Waals surface area (Å²) in [7, 11) is 1.75. The van der Waals surface area contributed by atoms with Crippen molar-refractivity contribution in [3.05, 3.63) is 0 Å². The molecule has 0 unspecified atom stereocenters. The van der Waals surface area contributed by atoms with Gasteiger partial charge in [-0.2, -0.15) is 0 Å². The Kier molecular flexibility index (Phi) is 4.00. The van der Waals surface area contributed by atoms with Crippen molar-refractivity contribution in [1.29, 1.82) is 0 Å². The van der Waals surface area contributed by atoms with Crippen LogP contribution in [0.5, 0.6) is 0 Å². The van der Waals surface area contributed by atoms with Gasteiger partial charge < -0.3 is 9.84 Å². The Bertz CT molecular complexity index is 194. The summed E-state index contributed by atoms with van der Waals surface area (Å²) >= 11 is 0. The summed E-state index contributed by atoms with van der Waals surface area (Å²) < 4.78 is 5.15. The van der Waals surface area contributed by atoms with Gasteiger partial charge in [-0.3, -0.25) is 4.90 Å². The van der Waals surface area contributed by atoms with Gasteiger partial charge in [0.05, 0.1) is 12.7 Å². The van der Waals surface area contributed by atoms with Crippen molar-refractivity contribution in [3.63, 3.8) is 0 Å². The highest BCUT2D eigenvalue weighted by Gasteiger charge is 2.37. The van der Waals surface area contributed by atoms with Crippen molar-refractivity contribution in [2.75, 3.05) is 20.3 Å². The minimum absolute atomic E-state index is 0.101. The molecule has 15 heavy (non-hydrogen) atoms. The van der Waals surface area contributed by atoms with Gasteiger partial charge in [-0.25, -0.2) is 0 Å². The van der Waals surface area contributed by atoms with Crippen molar-refractivity contribution < 1.29 is 9.84 Å². The molecule has 0 heterocycles. The molecule has 0 aromatic heterocycles. The number of aliphatic hydroxyl groups is 1. The Morgan fingerprint density at radius 3 is 2.53 bits per heavy atom. The van der Waals surface area contributed by atoms with Gasteiger partial charge in [-0.1, -0.05) is 12.8 Å². The van der Waals surface area contributed by atoms with Gasteiger partial charge in [0, 0.05) is 25.7 Å². The van der Waals surface area contributed by atoms with E-state index >= 15 is 0 Å². The van der Waals surface area contributed by atoms with E-state index in [0.29, 0.717) is 6.04 Å². The first-order valence-corrected chi connectivity index (χ1v) is 6.25. The quantitative estimate of drug-likeness (QED) is 0.749. The van der Waals surface area contributed by atoms with Gasteiger partial charge in [-0.05, 0) is 25.7 Å². The maximum Gasteiger partial charge on any atom is 0.0695 e. The maximum absolute atomic E-state index is 10.0. The molecule has 2 saturated carbocycles. The number of ether oxygens (including phenoxy) is 1. The SMILES string of the molecule is COCCN(C1CC1)[C@@H]1CCCC[C@H]1O. The molecule has 3 nitrogen and oxygen atoms in total. The molecule has 88 valence electrons. The third-order valence-electron chi connectivity index (χ3n) is 3.69. The summed E-state index contributed by atoms with van der Waals surface area (Å²) in [5.74, 6) is 0. The molecule has 2 rings (SSSR count). The van der Waals surface area contributed by atoms with Crippen LogP contribution in [-0.4, -0.2) is 48.5 Å². The number of hydrogen-bond acceptors (Lipinski definition) is 3. The number of methoxy groups -OCH3 is 1. The fraction of sp³-hybridized carbons (Fsp3) is 1.00. The first kappa shape index (κ1) is 11.4. The number of aliphatic hydroxyl groups excluding tert-OH is 1. The van der Waals surface area contributed by atoms with E-state index in [0.717, 1.165) is 25.6 Å². The monoisotopic (exact) mass is 213 g/mol. The Balaban J connectivity index is 1.89. The average molecular weight is 213 g/mol. The molecule has 0 bridgehead atoms. The molecule has 0 amide bonds. The summed E-state index contributed by atoms with van der Waals surface area (Å²) in [6.07, 6.45) is 7.15. The molecule has 0 aliphatic heterocycles. The van der Waals surface area contributed by atoms with Crippen molar-refractivity contribution in [1.82, 2.24) is 4.90 Å². The Labute approximate surface area is 92.4 Å². The number of hydrogen-bond donors (Lipinski definition) is 1. The van der Waals surface area contributed by atoms with Gasteiger partial charge >= 0.3 is 0 Å². The maximum atomic E-state index is 10.0. The first-order chi connectivity index (χ1) is 7.33. The van der Waals surface area contributed by atoms with Crippen LogP contribution >= 0.6 is 0 Å². The lowest BCUT2D eigenvalue weighted by atomic mass is 9.91. The van der Waals surface area contributed by atoms with E-state index in [1.165, 1.54) is 32.1 Å². The lowest BCUT2D eigenvalue weighted by Crippen LogP contribution is -2.47. The van der Waals surface area contributed by atoms with E-state index in [4.69, 9.17) is 4.74 Å². The smallest absolute Gasteiger partial charge is 0.0695 e. The van der Waals surface area contributed by atoms with Crippen molar-refractivity contribution in [2.24, 2.45) is 0 Å². The summed E-state index contributed by atoms with van der Waals surface area (Å²) in [5, 5.41) is 10.0. The molecule has 2 aliphatic rings. The highest BCUT2D eigenvalue weighted by Crippen LogP contribution is 2.33. The molecule has 0 aromatic carbocycles. The van der Waals surface area contributed by atoms with Crippen LogP contribution in [0.4, 0.5) is 0 Å². The zero-order chi connectivity index (χ0) is 10.7. The van der Waals surface area contributed by atoms with E-state index in [2.05, 4.69) is 4.90 Å². The van der Waals surface area contributed by atoms with E-state index in [1.807, 2.05) is 0 Å². The Morgan fingerprint density at radius 2 is 1.93 bits per heavy atom. The molecule has 2 atom stereocenters. The Morgan fingerprint density at radius 1 is 1.20 bits per heavy atom. The van der Waals surface area contributed by atoms with Crippen LogP contribution in [0.2, 0.25) is 0 Å². The molecular formula is C12H23NO2. The third kappa shape index (κ3) is 2.92. The normalized spacial score (nSPS) is 32.2. The van der Waals surface area contributed by atoms with E-state index in [9.17, 15) is 5.11 Å². The minimum Gasteiger partial charge on any atom is -0.391 e. The van der Waals surface area contributed by atoms with Crippen LogP contribution in [0.25, 0.3) is 0 Å². The number of nitrogens with zero attached hydrogens (tertiary/aromatic N) is 1. The van der Waals surface area contributed by atoms with Crippen molar-refractivity contribution in [2.45, 2.75) is 56.7 Å². The van der Waals surface area contributed by atoms with Crippen LogP contribution in [0.15, 0.2) is 0 Å². The molecular weight excluding hydrogens is 190 g/mol. The number of rotatable bonds is 5. The first-order valence-electron chi connectivity index (χ1n) is 6.25. The molecule has 0 radical (unpaired) electrons. The largest absolute Gasteiger partial charge is 0.391 e. The molecule has 1 N–H and O–H groups in total. The molecule has 3 heteroatoms. The fourth-order valence-corrected chi connectivity index (χ4v) is 2.70. The van der Waals surface area contributed by atoms with Crippen LogP contribution in [0.3, 0.4) is 0 Å². The highest BCUT2D eigenvalue weighted by molar-refractivity contribution is 4.92. The Hall–Kier alpha value is -0.120. The lowest BCUT2D eigenvalue weighted by molar-refractivity contribution is 0.00462. The van der Waals surface area contributed by atoms with Gasteiger partial charge in [-0.15, -0.1) is 0 Å². The second-order valence-corrected chi connectivity index (χ2v) is 4.88. The van der Waals surface area contributed by atoms with Crippen LogP contribution in [0, 0.1) is 0 Å². The standard InChI is InChI=1S/C12H23NO2/c1-15-9-8-13(10-6-7-10)11-4-2-3-5-12(11)14/h10-12,14H,2-9H2,1H3/t11-,12-/m1/s1. The van der Waals surface area contributed by atoms with E-state index in [1.54, 1.807) is 7.11 Å². The summed E-state index contributed by atoms with van der Waals surface area (Å²) in [6, 6.07) is 1.14. The van der Waals surface area contributed by atoms with Gasteiger partial charge in [0.15, 0.2) is 0 Å². The van der Waals surface area contributed by atoms with Crippen molar-refractivity contribution >= 4 is 0 Å². The summed E-state index contributed by atoms with van der Waals surface area (Å²) in [6.45, 7) is 1.78. The third-order valence-corrected chi connectivity index (χ3v) is 3.69. The lowest BCUT2D eigenvalue weighted by Gasteiger charge is -2.37. The van der Waals surface area contributed by atoms with Crippen LogP contribution < -0.4 is 0 Å². The van der Waals surface area contributed by atoms with Gasteiger partial charge in [0.25, 0.3) is 0 Å². The van der Waals surface area contributed by atoms with Gasteiger partial charge in [0.2, 0.25) is 0 Å². The zero-order valence-corrected chi connectivity index (χ0v) is 9.69. The minimum atomic E-state index is -0.101. The topological polar surface area (TPSA) is 32.7 Å². The molecule has 2 aliphatic carbocycles. The second-order valence-electron chi connectivity index (χ2n) is 4.88. The molecule has 0 saturated heterocycles.